The number of aromatic nitrogens is 1. The predicted octanol–water partition coefficient (Wildman–Crippen LogP) is 2.25. The van der Waals surface area contributed by atoms with Crippen molar-refractivity contribution in [3.05, 3.63) is 35.8 Å². The molecule has 0 saturated carbocycles. The molecule has 0 amide bonds. The normalized spacial score (nSPS) is 10.5. The van der Waals surface area contributed by atoms with Gasteiger partial charge in [0.25, 0.3) is 0 Å². The van der Waals surface area contributed by atoms with E-state index in [2.05, 4.69) is 0 Å². The van der Waals surface area contributed by atoms with Crippen LogP contribution in [0.5, 0.6) is 0 Å². The third kappa shape index (κ3) is 1.44. The molecule has 0 spiro atoms. The first-order chi connectivity index (χ1) is 7.13. The van der Waals surface area contributed by atoms with Gasteiger partial charge in [-0.05, 0) is 18.2 Å². The fourth-order valence-electron chi connectivity index (χ4n) is 1.58. The summed E-state index contributed by atoms with van der Waals surface area (Å²) in [6.07, 6.45) is 2.07. The Balaban J connectivity index is 2.87. The van der Waals surface area contributed by atoms with Crippen LogP contribution in [0.2, 0.25) is 0 Å². The van der Waals surface area contributed by atoms with Gasteiger partial charge in [0.05, 0.1) is 5.52 Å². The standard InChI is InChI=1S/C11H8FNO2/c1-7(15)13-5-8(6-14)10-3-2-9(12)4-11(10)13/h2-6H,1H3. The summed E-state index contributed by atoms with van der Waals surface area (Å²) in [6, 6.07) is 4.00. The lowest BCUT2D eigenvalue weighted by Gasteiger charge is -1.98. The summed E-state index contributed by atoms with van der Waals surface area (Å²) in [5.41, 5.74) is 0.810. The Morgan fingerprint density at radius 2 is 2.20 bits per heavy atom. The summed E-state index contributed by atoms with van der Waals surface area (Å²) in [5.74, 6) is -0.681. The van der Waals surface area contributed by atoms with Gasteiger partial charge >= 0.3 is 0 Å². The van der Waals surface area contributed by atoms with Crippen LogP contribution in [0.4, 0.5) is 4.39 Å². The number of benzene rings is 1. The van der Waals surface area contributed by atoms with Crippen LogP contribution in [0, 0.1) is 5.82 Å². The minimum atomic E-state index is -0.430. The molecule has 0 N–H and O–H groups in total. The van der Waals surface area contributed by atoms with Crippen molar-refractivity contribution in [2.75, 3.05) is 0 Å². The largest absolute Gasteiger partial charge is 0.298 e. The van der Waals surface area contributed by atoms with E-state index in [0.717, 1.165) is 0 Å². The van der Waals surface area contributed by atoms with E-state index in [1.807, 2.05) is 0 Å². The highest BCUT2D eigenvalue weighted by Crippen LogP contribution is 2.21. The first-order valence-corrected chi connectivity index (χ1v) is 4.40. The summed E-state index contributed by atoms with van der Waals surface area (Å²) >= 11 is 0. The van der Waals surface area contributed by atoms with E-state index >= 15 is 0 Å². The third-order valence-electron chi connectivity index (χ3n) is 2.26. The van der Waals surface area contributed by atoms with Gasteiger partial charge in [-0.15, -0.1) is 0 Å². The van der Waals surface area contributed by atoms with Crippen molar-refractivity contribution in [2.24, 2.45) is 0 Å². The van der Waals surface area contributed by atoms with Crippen LogP contribution >= 0.6 is 0 Å². The van der Waals surface area contributed by atoms with E-state index in [-0.39, 0.29) is 5.91 Å². The molecule has 0 aliphatic carbocycles. The van der Waals surface area contributed by atoms with E-state index in [4.69, 9.17) is 0 Å². The average molecular weight is 205 g/mol. The van der Waals surface area contributed by atoms with Gasteiger partial charge in [0, 0.05) is 24.1 Å². The zero-order chi connectivity index (χ0) is 11.0. The number of carbonyl (C=O) groups is 2. The summed E-state index contributed by atoms with van der Waals surface area (Å²) in [6.45, 7) is 1.36. The number of nitrogens with zero attached hydrogens (tertiary/aromatic N) is 1. The first kappa shape index (κ1) is 9.58. The van der Waals surface area contributed by atoms with Gasteiger partial charge < -0.3 is 0 Å². The Kier molecular flexibility index (Phi) is 2.11. The molecule has 0 radical (unpaired) electrons. The van der Waals surface area contributed by atoms with Gasteiger partial charge in [-0.2, -0.15) is 0 Å². The van der Waals surface area contributed by atoms with Crippen LogP contribution < -0.4 is 0 Å². The molecule has 4 heteroatoms. The lowest BCUT2D eigenvalue weighted by molar-refractivity contribution is 0.0941. The molecule has 0 unspecified atom stereocenters. The molecule has 76 valence electrons. The smallest absolute Gasteiger partial charge is 0.227 e. The minimum Gasteiger partial charge on any atom is -0.298 e. The molecule has 0 saturated heterocycles. The fourth-order valence-corrected chi connectivity index (χ4v) is 1.58. The monoisotopic (exact) mass is 205 g/mol. The van der Waals surface area contributed by atoms with Gasteiger partial charge in [0.15, 0.2) is 6.29 Å². The highest BCUT2D eigenvalue weighted by molar-refractivity contribution is 6.02. The first-order valence-electron chi connectivity index (χ1n) is 4.40. The highest BCUT2D eigenvalue weighted by atomic mass is 19.1. The number of hydrogen-bond acceptors (Lipinski definition) is 2. The molecule has 0 aliphatic rings. The summed E-state index contributed by atoms with van der Waals surface area (Å²) in [7, 11) is 0. The molecule has 0 fully saturated rings. The molecule has 0 bridgehead atoms. The van der Waals surface area contributed by atoms with E-state index < -0.39 is 5.82 Å². The number of hydrogen-bond donors (Lipinski definition) is 0. The van der Waals surface area contributed by atoms with Gasteiger partial charge in [-0.25, -0.2) is 4.39 Å². The summed E-state index contributed by atoms with van der Waals surface area (Å²) < 4.78 is 14.2. The van der Waals surface area contributed by atoms with Crippen LogP contribution in [-0.4, -0.2) is 16.8 Å². The van der Waals surface area contributed by atoms with E-state index in [0.29, 0.717) is 22.8 Å². The number of aldehydes is 1. The highest BCUT2D eigenvalue weighted by Gasteiger charge is 2.10. The summed E-state index contributed by atoms with van der Waals surface area (Å²) in [5, 5.41) is 0.585. The quantitative estimate of drug-likeness (QED) is 0.670. The van der Waals surface area contributed by atoms with Crippen molar-refractivity contribution in [3.8, 4) is 0 Å². The lowest BCUT2D eigenvalue weighted by Crippen LogP contribution is -2.03. The maximum atomic E-state index is 13.0. The molecule has 0 aliphatic heterocycles. The van der Waals surface area contributed by atoms with Crippen LogP contribution in [0.1, 0.15) is 22.1 Å². The van der Waals surface area contributed by atoms with Gasteiger partial charge in [0.2, 0.25) is 5.91 Å². The van der Waals surface area contributed by atoms with Crippen molar-refractivity contribution in [2.45, 2.75) is 6.92 Å². The molecule has 3 nitrogen and oxygen atoms in total. The molecule has 1 heterocycles. The Hall–Kier alpha value is -1.97. The van der Waals surface area contributed by atoms with Gasteiger partial charge in [-0.1, -0.05) is 0 Å². The van der Waals surface area contributed by atoms with Crippen molar-refractivity contribution >= 4 is 23.1 Å². The molecule has 1 aromatic carbocycles. The number of rotatable bonds is 1. The molecule has 1 aromatic heterocycles. The maximum absolute atomic E-state index is 13.0. The second-order valence-corrected chi connectivity index (χ2v) is 3.25. The second kappa shape index (κ2) is 3.31. The molecular weight excluding hydrogens is 197 g/mol. The number of halogens is 1. The SMILES string of the molecule is CC(=O)n1cc(C=O)c2ccc(F)cc21. The van der Waals surface area contributed by atoms with Crippen LogP contribution in [-0.2, 0) is 0 Å². The Bertz CT molecular complexity index is 557. The number of fused-ring (bicyclic) bond motifs is 1. The van der Waals surface area contributed by atoms with Crippen LogP contribution in [0.25, 0.3) is 10.9 Å². The van der Waals surface area contributed by atoms with Gasteiger partial charge in [0.1, 0.15) is 5.82 Å². The minimum absolute atomic E-state index is 0.251. The zero-order valence-electron chi connectivity index (χ0n) is 8.03. The molecule has 15 heavy (non-hydrogen) atoms. The molecular formula is C11H8FNO2. The maximum Gasteiger partial charge on any atom is 0.227 e. The van der Waals surface area contributed by atoms with Gasteiger partial charge in [-0.3, -0.25) is 14.2 Å². The molecule has 0 atom stereocenters. The van der Waals surface area contributed by atoms with Crippen molar-refractivity contribution in [3.63, 3.8) is 0 Å². The van der Waals surface area contributed by atoms with Crippen LogP contribution in [0.15, 0.2) is 24.4 Å². The van der Waals surface area contributed by atoms with E-state index in [1.165, 1.54) is 35.9 Å². The fraction of sp³-hybridized carbons (Fsp3) is 0.0909. The Labute approximate surface area is 85.1 Å². The van der Waals surface area contributed by atoms with Crippen LogP contribution in [0.3, 0.4) is 0 Å². The van der Waals surface area contributed by atoms with Crippen molar-refractivity contribution in [1.82, 2.24) is 4.57 Å². The van der Waals surface area contributed by atoms with E-state index in [9.17, 15) is 14.0 Å². The Morgan fingerprint density at radius 1 is 1.47 bits per heavy atom. The topological polar surface area (TPSA) is 39.1 Å². The number of carbonyl (C=O) groups excluding carboxylic acids is 2. The van der Waals surface area contributed by atoms with E-state index in [1.54, 1.807) is 0 Å². The second-order valence-electron chi connectivity index (χ2n) is 3.25. The average Bonchev–Trinajstić information content (AvgIpc) is 2.55. The molecule has 2 aromatic rings. The summed E-state index contributed by atoms with van der Waals surface area (Å²) in [4.78, 5) is 21.9. The lowest BCUT2D eigenvalue weighted by atomic mass is 10.2. The van der Waals surface area contributed by atoms with Crippen molar-refractivity contribution in [1.29, 1.82) is 0 Å². The zero-order valence-corrected chi connectivity index (χ0v) is 8.03. The van der Waals surface area contributed by atoms with Crippen molar-refractivity contribution < 1.29 is 14.0 Å². The molecule has 2 rings (SSSR count). The third-order valence-corrected chi connectivity index (χ3v) is 2.26. The Morgan fingerprint density at radius 3 is 2.80 bits per heavy atom. The predicted molar refractivity (Wildman–Crippen MR) is 53.6 cm³/mol.